The van der Waals surface area contributed by atoms with Crippen LogP contribution in [-0.4, -0.2) is 25.0 Å². The molecule has 0 fully saturated rings. The lowest BCUT2D eigenvalue weighted by Gasteiger charge is -2.12. The van der Waals surface area contributed by atoms with Gasteiger partial charge in [-0.15, -0.1) is 0 Å². The summed E-state index contributed by atoms with van der Waals surface area (Å²) < 4.78 is 10.9. The van der Waals surface area contributed by atoms with Crippen LogP contribution in [0.5, 0.6) is 11.5 Å². The molecule has 142 valence electrons. The number of carbonyl (C=O) groups is 2. The summed E-state index contributed by atoms with van der Waals surface area (Å²) in [7, 11) is 0. The standard InChI is InChI=1S/C20H21ClN2O4/c1-4-9-26-17-8-6-5-7-16(17)20(25)23-22-18(24)12-27-15-10-13(2)19(21)14(3)11-15/h4-8,10-11H,1,9,12H2,2-3H3,(H,22,24)(H,23,25). The van der Waals surface area contributed by atoms with Gasteiger partial charge in [0.2, 0.25) is 0 Å². The van der Waals surface area contributed by atoms with Crippen LogP contribution in [0.3, 0.4) is 0 Å². The number of hydrogen-bond donors (Lipinski definition) is 2. The van der Waals surface area contributed by atoms with E-state index in [1.165, 1.54) is 0 Å². The number of halogens is 1. The Morgan fingerprint density at radius 2 is 1.78 bits per heavy atom. The van der Waals surface area contributed by atoms with E-state index < -0.39 is 11.8 Å². The summed E-state index contributed by atoms with van der Waals surface area (Å²) in [6, 6.07) is 10.2. The Kier molecular flexibility index (Phi) is 7.25. The van der Waals surface area contributed by atoms with Crippen LogP contribution >= 0.6 is 11.6 Å². The zero-order chi connectivity index (χ0) is 19.8. The van der Waals surface area contributed by atoms with E-state index >= 15 is 0 Å². The molecule has 2 N–H and O–H groups in total. The SMILES string of the molecule is C=CCOc1ccccc1C(=O)NNC(=O)COc1cc(C)c(Cl)c(C)c1. The Hall–Kier alpha value is -2.99. The van der Waals surface area contributed by atoms with Crippen LogP contribution in [-0.2, 0) is 4.79 Å². The number of nitrogens with one attached hydrogen (secondary N) is 2. The van der Waals surface area contributed by atoms with Crippen molar-refractivity contribution in [3.05, 3.63) is 70.8 Å². The van der Waals surface area contributed by atoms with Gasteiger partial charge in [0.25, 0.3) is 11.8 Å². The monoisotopic (exact) mass is 388 g/mol. The number of rotatable bonds is 7. The Morgan fingerprint density at radius 1 is 1.11 bits per heavy atom. The summed E-state index contributed by atoms with van der Waals surface area (Å²) in [5, 5.41) is 0.663. The number of amides is 2. The maximum absolute atomic E-state index is 12.2. The number of ether oxygens (including phenoxy) is 2. The number of hydrogen-bond acceptors (Lipinski definition) is 4. The Morgan fingerprint density at radius 3 is 2.44 bits per heavy atom. The highest BCUT2D eigenvalue weighted by atomic mass is 35.5. The van der Waals surface area contributed by atoms with Crippen LogP contribution in [0.25, 0.3) is 0 Å². The van der Waals surface area contributed by atoms with Crippen molar-refractivity contribution >= 4 is 23.4 Å². The fraction of sp³-hybridized carbons (Fsp3) is 0.200. The molecule has 0 aliphatic carbocycles. The molecule has 0 spiro atoms. The predicted molar refractivity (Wildman–Crippen MR) is 104 cm³/mol. The third-order valence-corrected chi connectivity index (χ3v) is 4.18. The molecule has 0 bridgehead atoms. The minimum absolute atomic E-state index is 0.255. The predicted octanol–water partition coefficient (Wildman–Crippen LogP) is 3.36. The first-order valence-electron chi connectivity index (χ1n) is 8.23. The molecule has 2 rings (SSSR count). The molecular formula is C20H21ClN2O4. The van der Waals surface area contributed by atoms with E-state index in [1.807, 2.05) is 13.8 Å². The summed E-state index contributed by atoms with van der Waals surface area (Å²) >= 11 is 6.10. The fourth-order valence-corrected chi connectivity index (χ4v) is 2.41. The van der Waals surface area contributed by atoms with E-state index in [2.05, 4.69) is 17.4 Å². The van der Waals surface area contributed by atoms with Gasteiger partial charge in [0.15, 0.2) is 6.61 Å². The summed E-state index contributed by atoms with van der Waals surface area (Å²) in [6.07, 6.45) is 1.58. The molecule has 2 aromatic rings. The first-order valence-corrected chi connectivity index (χ1v) is 8.61. The molecular weight excluding hydrogens is 368 g/mol. The maximum atomic E-state index is 12.2. The van der Waals surface area contributed by atoms with Gasteiger partial charge in [-0.25, -0.2) is 0 Å². The van der Waals surface area contributed by atoms with Gasteiger partial charge in [-0.05, 0) is 49.2 Å². The molecule has 0 atom stereocenters. The topological polar surface area (TPSA) is 76.7 Å². The third kappa shape index (κ3) is 5.76. The Bertz CT molecular complexity index is 829. The van der Waals surface area contributed by atoms with Crippen molar-refractivity contribution < 1.29 is 19.1 Å². The van der Waals surface area contributed by atoms with Gasteiger partial charge in [0, 0.05) is 5.02 Å². The number of aryl methyl sites for hydroxylation is 2. The molecule has 0 saturated carbocycles. The zero-order valence-corrected chi connectivity index (χ0v) is 15.9. The Labute approximate surface area is 163 Å². The van der Waals surface area contributed by atoms with Crippen LogP contribution in [0, 0.1) is 13.8 Å². The molecule has 0 aliphatic heterocycles. The molecule has 2 amide bonds. The Balaban J connectivity index is 1.88. The van der Waals surface area contributed by atoms with Gasteiger partial charge in [0.05, 0.1) is 5.56 Å². The van der Waals surface area contributed by atoms with Crippen molar-refractivity contribution in [2.75, 3.05) is 13.2 Å². The van der Waals surface area contributed by atoms with Gasteiger partial charge in [-0.2, -0.15) is 0 Å². The van der Waals surface area contributed by atoms with Crippen molar-refractivity contribution in [3.8, 4) is 11.5 Å². The molecule has 0 unspecified atom stereocenters. The molecule has 27 heavy (non-hydrogen) atoms. The third-order valence-electron chi connectivity index (χ3n) is 3.58. The highest BCUT2D eigenvalue weighted by Crippen LogP contribution is 2.25. The summed E-state index contributed by atoms with van der Waals surface area (Å²) in [5.74, 6) is -0.0779. The van der Waals surface area contributed by atoms with Crippen LogP contribution in [0.4, 0.5) is 0 Å². The summed E-state index contributed by atoms with van der Waals surface area (Å²) in [5.41, 5.74) is 6.66. The highest BCUT2D eigenvalue weighted by Gasteiger charge is 2.13. The summed E-state index contributed by atoms with van der Waals surface area (Å²) in [4.78, 5) is 24.2. The molecule has 0 aliphatic rings. The normalized spacial score (nSPS) is 10.0. The second kappa shape index (κ2) is 9.64. The van der Waals surface area contributed by atoms with Crippen molar-refractivity contribution in [2.24, 2.45) is 0 Å². The lowest BCUT2D eigenvalue weighted by Crippen LogP contribution is -2.43. The van der Waals surface area contributed by atoms with Crippen LogP contribution in [0.1, 0.15) is 21.5 Å². The van der Waals surface area contributed by atoms with Crippen LogP contribution < -0.4 is 20.3 Å². The molecule has 6 nitrogen and oxygen atoms in total. The van der Waals surface area contributed by atoms with E-state index in [4.69, 9.17) is 21.1 Å². The average Bonchev–Trinajstić information content (AvgIpc) is 2.67. The van der Waals surface area contributed by atoms with Crippen LogP contribution in [0.2, 0.25) is 5.02 Å². The van der Waals surface area contributed by atoms with Crippen molar-refractivity contribution in [2.45, 2.75) is 13.8 Å². The van der Waals surface area contributed by atoms with E-state index in [9.17, 15) is 9.59 Å². The number of benzene rings is 2. The smallest absolute Gasteiger partial charge is 0.276 e. The first kappa shape index (κ1) is 20.3. The average molecular weight is 389 g/mol. The number of hydrazine groups is 1. The second-order valence-electron chi connectivity index (χ2n) is 5.76. The summed E-state index contributed by atoms with van der Waals surface area (Å²) in [6.45, 7) is 7.29. The quantitative estimate of drug-likeness (QED) is 0.563. The van der Waals surface area contributed by atoms with Gasteiger partial charge in [-0.1, -0.05) is 36.4 Å². The van der Waals surface area contributed by atoms with Gasteiger partial charge in [-0.3, -0.25) is 20.4 Å². The minimum Gasteiger partial charge on any atom is -0.489 e. The lowest BCUT2D eigenvalue weighted by molar-refractivity contribution is -0.123. The lowest BCUT2D eigenvalue weighted by atomic mass is 10.1. The largest absolute Gasteiger partial charge is 0.489 e. The number of para-hydroxylation sites is 1. The van der Waals surface area contributed by atoms with E-state index in [-0.39, 0.29) is 13.2 Å². The number of carbonyl (C=O) groups excluding carboxylic acids is 2. The van der Waals surface area contributed by atoms with Gasteiger partial charge in [0.1, 0.15) is 18.1 Å². The first-order chi connectivity index (χ1) is 12.9. The molecule has 0 heterocycles. The van der Waals surface area contributed by atoms with Crippen LogP contribution in [0.15, 0.2) is 49.1 Å². The molecule has 7 heteroatoms. The highest BCUT2D eigenvalue weighted by molar-refractivity contribution is 6.32. The maximum Gasteiger partial charge on any atom is 0.276 e. The molecule has 0 radical (unpaired) electrons. The van der Waals surface area contributed by atoms with Gasteiger partial charge < -0.3 is 9.47 Å². The molecule has 2 aromatic carbocycles. The van der Waals surface area contributed by atoms with E-state index in [0.717, 1.165) is 11.1 Å². The van der Waals surface area contributed by atoms with Crippen molar-refractivity contribution in [1.29, 1.82) is 0 Å². The van der Waals surface area contributed by atoms with Crippen molar-refractivity contribution in [3.63, 3.8) is 0 Å². The van der Waals surface area contributed by atoms with E-state index in [0.29, 0.717) is 22.1 Å². The minimum atomic E-state index is -0.502. The molecule has 0 saturated heterocycles. The molecule has 0 aromatic heterocycles. The van der Waals surface area contributed by atoms with Gasteiger partial charge >= 0.3 is 0 Å². The van der Waals surface area contributed by atoms with Crippen molar-refractivity contribution in [1.82, 2.24) is 10.9 Å². The zero-order valence-electron chi connectivity index (χ0n) is 15.2. The fourth-order valence-electron chi connectivity index (χ4n) is 2.30. The van der Waals surface area contributed by atoms with E-state index in [1.54, 1.807) is 42.5 Å². The second-order valence-corrected chi connectivity index (χ2v) is 6.14.